The molecule has 0 spiro atoms. The van der Waals surface area contributed by atoms with E-state index in [1.54, 1.807) is 24.1 Å². The minimum absolute atomic E-state index is 0.0351. The molecule has 0 unspecified atom stereocenters. The summed E-state index contributed by atoms with van der Waals surface area (Å²) in [6.07, 6.45) is 1.92. The number of carbonyl (C=O) groups excluding carboxylic acids is 1. The number of benzene rings is 1. The molecule has 0 aliphatic carbocycles. The molecule has 1 fully saturated rings. The van der Waals surface area contributed by atoms with E-state index in [4.69, 9.17) is 0 Å². The average Bonchev–Trinajstić information content (AvgIpc) is 2.75. The SMILES string of the molecule is CN(Cc1ccc(F)cc1)C(=O)CN1CCCN(S(C)(=O)=O)CC1. The van der Waals surface area contributed by atoms with Crippen molar-refractivity contribution in [3.63, 3.8) is 0 Å². The molecule has 8 heteroatoms. The summed E-state index contributed by atoms with van der Waals surface area (Å²) >= 11 is 0. The van der Waals surface area contributed by atoms with Crippen LogP contribution in [0.3, 0.4) is 0 Å². The maximum Gasteiger partial charge on any atom is 0.236 e. The summed E-state index contributed by atoms with van der Waals surface area (Å²) in [6, 6.07) is 6.08. The molecular formula is C16H24FN3O3S. The van der Waals surface area contributed by atoms with Crippen LogP contribution in [0.5, 0.6) is 0 Å². The highest BCUT2D eigenvalue weighted by molar-refractivity contribution is 7.88. The molecule has 6 nitrogen and oxygen atoms in total. The molecule has 1 aliphatic heterocycles. The van der Waals surface area contributed by atoms with Crippen molar-refractivity contribution in [2.24, 2.45) is 0 Å². The molecular weight excluding hydrogens is 333 g/mol. The van der Waals surface area contributed by atoms with E-state index in [-0.39, 0.29) is 18.3 Å². The van der Waals surface area contributed by atoms with Gasteiger partial charge in [-0.1, -0.05) is 12.1 Å². The first-order valence-electron chi connectivity index (χ1n) is 7.91. The van der Waals surface area contributed by atoms with Crippen molar-refractivity contribution in [2.75, 3.05) is 46.0 Å². The van der Waals surface area contributed by atoms with Crippen LogP contribution in [0, 0.1) is 5.82 Å². The standard InChI is InChI=1S/C16H24FN3O3S/c1-18(12-14-4-6-15(17)7-5-14)16(21)13-19-8-3-9-20(11-10-19)24(2,22)23/h4-7H,3,8-13H2,1-2H3. The van der Waals surface area contributed by atoms with E-state index >= 15 is 0 Å². The van der Waals surface area contributed by atoms with Crippen LogP contribution in [0.1, 0.15) is 12.0 Å². The van der Waals surface area contributed by atoms with Gasteiger partial charge in [-0.15, -0.1) is 0 Å². The van der Waals surface area contributed by atoms with Crippen molar-refractivity contribution in [3.8, 4) is 0 Å². The van der Waals surface area contributed by atoms with Crippen molar-refractivity contribution in [1.82, 2.24) is 14.1 Å². The second kappa shape index (κ2) is 8.04. The minimum Gasteiger partial charge on any atom is -0.340 e. The molecule has 0 atom stereocenters. The zero-order chi connectivity index (χ0) is 17.7. The topological polar surface area (TPSA) is 60.9 Å². The number of rotatable bonds is 5. The van der Waals surface area contributed by atoms with E-state index < -0.39 is 10.0 Å². The van der Waals surface area contributed by atoms with Crippen molar-refractivity contribution in [3.05, 3.63) is 35.6 Å². The molecule has 1 aromatic rings. The number of halogens is 1. The average molecular weight is 357 g/mol. The van der Waals surface area contributed by atoms with Gasteiger partial charge in [0.15, 0.2) is 0 Å². The Morgan fingerprint density at radius 1 is 1.17 bits per heavy atom. The number of hydrogen-bond donors (Lipinski definition) is 0. The maximum atomic E-state index is 12.9. The van der Waals surface area contributed by atoms with Crippen molar-refractivity contribution in [1.29, 1.82) is 0 Å². The van der Waals surface area contributed by atoms with Crippen LogP contribution in [0.15, 0.2) is 24.3 Å². The van der Waals surface area contributed by atoms with Gasteiger partial charge in [0.05, 0.1) is 12.8 Å². The molecule has 0 aromatic heterocycles. The fourth-order valence-electron chi connectivity index (χ4n) is 2.70. The van der Waals surface area contributed by atoms with E-state index in [0.29, 0.717) is 39.1 Å². The summed E-state index contributed by atoms with van der Waals surface area (Å²) in [5.41, 5.74) is 0.867. The fourth-order valence-corrected chi connectivity index (χ4v) is 3.57. The van der Waals surface area contributed by atoms with Crippen LogP contribution >= 0.6 is 0 Å². The van der Waals surface area contributed by atoms with Gasteiger partial charge in [0, 0.05) is 33.2 Å². The van der Waals surface area contributed by atoms with Crippen molar-refractivity contribution < 1.29 is 17.6 Å². The summed E-state index contributed by atoms with van der Waals surface area (Å²) in [4.78, 5) is 15.9. The molecule has 1 saturated heterocycles. The minimum atomic E-state index is -3.18. The molecule has 0 N–H and O–H groups in total. The predicted molar refractivity (Wildman–Crippen MR) is 90.3 cm³/mol. The lowest BCUT2D eigenvalue weighted by atomic mass is 10.2. The van der Waals surface area contributed by atoms with Crippen LogP contribution in [0.2, 0.25) is 0 Å². The van der Waals surface area contributed by atoms with Crippen molar-refractivity contribution in [2.45, 2.75) is 13.0 Å². The van der Waals surface area contributed by atoms with E-state index in [0.717, 1.165) is 5.56 Å². The monoisotopic (exact) mass is 357 g/mol. The summed E-state index contributed by atoms with van der Waals surface area (Å²) < 4.78 is 37.6. The van der Waals surface area contributed by atoms with E-state index in [1.165, 1.54) is 22.7 Å². The third kappa shape index (κ3) is 5.54. The Morgan fingerprint density at radius 2 is 1.83 bits per heavy atom. The highest BCUT2D eigenvalue weighted by Gasteiger charge is 2.23. The third-order valence-corrected chi connectivity index (χ3v) is 5.44. The summed E-state index contributed by atoms with van der Waals surface area (Å²) in [7, 11) is -1.47. The Kier molecular flexibility index (Phi) is 6.31. The lowest BCUT2D eigenvalue weighted by Gasteiger charge is -2.24. The molecule has 134 valence electrons. The van der Waals surface area contributed by atoms with Crippen LogP contribution < -0.4 is 0 Å². The molecule has 1 aromatic carbocycles. The second-order valence-corrected chi connectivity index (χ2v) is 8.15. The zero-order valence-corrected chi connectivity index (χ0v) is 14.9. The smallest absolute Gasteiger partial charge is 0.236 e. The molecule has 0 saturated carbocycles. The van der Waals surface area contributed by atoms with Crippen LogP contribution in [0.25, 0.3) is 0 Å². The molecule has 24 heavy (non-hydrogen) atoms. The van der Waals surface area contributed by atoms with Crippen LogP contribution in [0.4, 0.5) is 4.39 Å². The Bertz CT molecular complexity index is 664. The number of nitrogens with zero attached hydrogens (tertiary/aromatic N) is 3. The summed E-state index contributed by atoms with van der Waals surface area (Å²) in [5.74, 6) is -0.333. The molecule has 2 rings (SSSR count). The van der Waals surface area contributed by atoms with Gasteiger partial charge in [0.25, 0.3) is 0 Å². The van der Waals surface area contributed by atoms with Gasteiger partial charge >= 0.3 is 0 Å². The largest absolute Gasteiger partial charge is 0.340 e. The summed E-state index contributed by atoms with van der Waals surface area (Å²) in [6.45, 7) is 2.83. The number of sulfonamides is 1. The Hall–Kier alpha value is -1.51. The Morgan fingerprint density at radius 3 is 2.46 bits per heavy atom. The van der Waals surface area contributed by atoms with Crippen LogP contribution in [-0.2, 0) is 21.4 Å². The molecule has 0 bridgehead atoms. The Labute approximate surface area is 142 Å². The van der Waals surface area contributed by atoms with Gasteiger partial charge in [-0.3, -0.25) is 9.69 Å². The molecule has 0 radical (unpaired) electrons. The summed E-state index contributed by atoms with van der Waals surface area (Å²) in [5, 5.41) is 0. The van der Waals surface area contributed by atoms with Crippen LogP contribution in [-0.4, -0.2) is 74.5 Å². The first-order chi connectivity index (χ1) is 11.3. The first-order valence-corrected chi connectivity index (χ1v) is 9.76. The first kappa shape index (κ1) is 18.8. The van der Waals surface area contributed by atoms with Gasteiger partial charge in [-0.05, 0) is 30.7 Å². The van der Waals surface area contributed by atoms with Gasteiger partial charge in [-0.2, -0.15) is 0 Å². The highest BCUT2D eigenvalue weighted by Crippen LogP contribution is 2.09. The quantitative estimate of drug-likeness (QED) is 0.780. The van der Waals surface area contributed by atoms with Gasteiger partial charge in [0.1, 0.15) is 5.82 Å². The lowest BCUT2D eigenvalue weighted by Crippen LogP contribution is -2.40. The number of amides is 1. The van der Waals surface area contributed by atoms with Gasteiger partial charge in [0.2, 0.25) is 15.9 Å². The number of likely N-dealkylation sites (N-methyl/N-ethyl adjacent to an activating group) is 1. The lowest BCUT2D eigenvalue weighted by molar-refractivity contribution is -0.131. The maximum absolute atomic E-state index is 12.9. The number of carbonyl (C=O) groups is 1. The number of hydrogen-bond acceptors (Lipinski definition) is 4. The second-order valence-electron chi connectivity index (χ2n) is 6.17. The third-order valence-electron chi connectivity index (χ3n) is 4.13. The highest BCUT2D eigenvalue weighted by atomic mass is 32.2. The van der Waals surface area contributed by atoms with Gasteiger partial charge in [-0.25, -0.2) is 17.1 Å². The predicted octanol–water partition coefficient (Wildman–Crippen LogP) is 0.751. The van der Waals surface area contributed by atoms with Crippen molar-refractivity contribution >= 4 is 15.9 Å². The molecule has 1 amide bonds. The molecule has 1 aliphatic rings. The zero-order valence-electron chi connectivity index (χ0n) is 14.1. The van der Waals surface area contributed by atoms with E-state index in [1.807, 2.05) is 4.90 Å². The van der Waals surface area contributed by atoms with E-state index in [9.17, 15) is 17.6 Å². The molecule has 1 heterocycles. The fraction of sp³-hybridized carbons (Fsp3) is 0.562. The Balaban J connectivity index is 1.86. The normalized spacial score (nSPS) is 17.5. The van der Waals surface area contributed by atoms with Gasteiger partial charge < -0.3 is 4.90 Å². The van der Waals surface area contributed by atoms with E-state index in [2.05, 4.69) is 0 Å².